The van der Waals surface area contributed by atoms with Gasteiger partial charge in [0.25, 0.3) is 0 Å². The second-order valence-corrected chi connectivity index (χ2v) is 6.64. The minimum absolute atomic E-state index is 0.0819. The quantitative estimate of drug-likeness (QED) is 0.884. The van der Waals surface area contributed by atoms with E-state index in [-0.39, 0.29) is 12.1 Å². The third kappa shape index (κ3) is 3.79. The lowest BCUT2D eigenvalue weighted by atomic mass is 10.0. The molecule has 0 saturated heterocycles. The van der Waals surface area contributed by atoms with Crippen molar-refractivity contribution >= 4 is 22.9 Å². The van der Waals surface area contributed by atoms with Crippen molar-refractivity contribution < 1.29 is 0 Å². The van der Waals surface area contributed by atoms with Crippen molar-refractivity contribution in [2.45, 2.75) is 32.0 Å². The summed E-state index contributed by atoms with van der Waals surface area (Å²) in [4.78, 5) is 7.84. The van der Waals surface area contributed by atoms with Crippen LogP contribution in [0.5, 0.6) is 0 Å². The van der Waals surface area contributed by atoms with Crippen molar-refractivity contribution in [2.75, 3.05) is 7.05 Å². The molecule has 20 heavy (non-hydrogen) atoms. The Morgan fingerprint density at radius 1 is 1.35 bits per heavy atom. The SMILES string of the molecule is CCC(N)C(c1ccc(Cl)s1)N(C)Cc1ccccn1. The highest BCUT2D eigenvalue weighted by molar-refractivity contribution is 7.16. The van der Waals surface area contributed by atoms with Crippen molar-refractivity contribution in [3.05, 3.63) is 51.4 Å². The number of halogens is 1. The van der Waals surface area contributed by atoms with Gasteiger partial charge in [0.15, 0.2) is 0 Å². The van der Waals surface area contributed by atoms with Crippen LogP contribution in [0.15, 0.2) is 36.5 Å². The molecule has 2 aromatic heterocycles. The highest BCUT2D eigenvalue weighted by Gasteiger charge is 2.24. The number of hydrogen-bond donors (Lipinski definition) is 1. The normalized spacial score (nSPS) is 14.4. The summed E-state index contributed by atoms with van der Waals surface area (Å²) in [6.07, 6.45) is 2.74. The molecule has 0 amide bonds. The van der Waals surface area contributed by atoms with Gasteiger partial charge < -0.3 is 5.73 Å². The molecule has 0 radical (unpaired) electrons. The van der Waals surface area contributed by atoms with E-state index < -0.39 is 0 Å². The first-order valence-electron chi connectivity index (χ1n) is 6.72. The standard InChI is InChI=1S/C15H20ClN3S/c1-3-12(17)15(13-7-8-14(16)20-13)19(2)10-11-6-4-5-9-18-11/h4-9,12,15H,3,10,17H2,1-2H3. The molecule has 0 aliphatic heterocycles. The maximum atomic E-state index is 6.31. The molecule has 2 atom stereocenters. The van der Waals surface area contributed by atoms with Crippen molar-refractivity contribution in [2.24, 2.45) is 5.73 Å². The Bertz CT molecular complexity index is 529. The number of likely N-dealkylation sites (N-methyl/N-ethyl adjacent to an activating group) is 1. The Balaban J connectivity index is 2.18. The molecule has 2 heterocycles. The van der Waals surface area contributed by atoms with Crippen LogP contribution in [0.3, 0.4) is 0 Å². The summed E-state index contributed by atoms with van der Waals surface area (Å²) in [5, 5.41) is 0. The molecule has 0 fully saturated rings. The van der Waals surface area contributed by atoms with Gasteiger partial charge in [0.2, 0.25) is 0 Å². The lowest BCUT2D eigenvalue weighted by Gasteiger charge is -2.31. The van der Waals surface area contributed by atoms with Crippen LogP contribution in [0.25, 0.3) is 0 Å². The van der Waals surface area contributed by atoms with Crippen molar-refractivity contribution in [1.82, 2.24) is 9.88 Å². The smallest absolute Gasteiger partial charge is 0.0931 e. The summed E-state index contributed by atoms with van der Waals surface area (Å²) in [5.41, 5.74) is 7.36. The third-order valence-electron chi connectivity index (χ3n) is 3.37. The van der Waals surface area contributed by atoms with E-state index in [0.717, 1.165) is 23.0 Å². The van der Waals surface area contributed by atoms with Crippen LogP contribution in [0.2, 0.25) is 4.34 Å². The van der Waals surface area contributed by atoms with Gasteiger partial charge in [0.1, 0.15) is 0 Å². The summed E-state index contributed by atoms with van der Waals surface area (Å²) in [5.74, 6) is 0. The number of hydrogen-bond acceptors (Lipinski definition) is 4. The van der Waals surface area contributed by atoms with Gasteiger partial charge in [-0.15, -0.1) is 11.3 Å². The first-order valence-corrected chi connectivity index (χ1v) is 7.92. The fraction of sp³-hybridized carbons (Fsp3) is 0.400. The Morgan fingerprint density at radius 3 is 2.70 bits per heavy atom. The molecule has 0 aliphatic carbocycles. The fourth-order valence-electron chi connectivity index (χ4n) is 2.31. The molecule has 0 saturated carbocycles. The Kier molecular flexibility index (Phi) is 5.54. The molecule has 3 nitrogen and oxygen atoms in total. The molecule has 0 aliphatic rings. The number of pyridine rings is 1. The van der Waals surface area contributed by atoms with E-state index in [0.29, 0.717) is 0 Å². The zero-order valence-corrected chi connectivity index (χ0v) is 13.4. The zero-order chi connectivity index (χ0) is 14.5. The van der Waals surface area contributed by atoms with E-state index in [9.17, 15) is 0 Å². The monoisotopic (exact) mass is 309 g/mol. The third-order valence-corrected chi connectivity index (χ3v) is 4.68. The van der Waals surface area contributed by atoms with Gasteiger partial charge >= 0.3 is 0 Å². The summed E-state index contributed by atoms with van der Waals surface area (Å²) in [6, 6.07) is 10.2. The largest absolute Gasteiger partial charge is 0.326 e. The lowest BCUT2D eigenvalue weighted by Crippen LogP contribution is -2.38. The number of rotatable bonds is 6. The van der Waals surface area contributed by atoms with Crippen molar-refractivity contribution in [3.63, 3.8) is 0 Å². The van der Waals surface area contributed by atoms with E-state index in [2.05, 4.69) is 29.9 Å². The van der Waals surface area contributed by atoms with Crippen LogP contribution >= 0.6 is 22.9 Å². The summed E-state index contributed by atoms with van der Waals surface area (Å²) in [6.45, 7) is 2.89. The molecule has 2 unspecified atom stereocenters. The van der Waals surface area contributed by atoms with Gasteiger partial charge in [-0.25, -0.2) is 0 Å². The predicted octanol–water partition coefficient (Wildman–Crippen LogP) is 3.71. The maximum absolute atomic E-state index is 6.31. The molecule has 0 bridgehead atoms. The molecule has 0 spiro atoms. The number of thiophene rings is 1. The molecule has 2 rings (SSSR count). The van der Waals surface area contributed by atoms with Gasteiger partial charge in [-0.3, -0.25) is 9.88 Å². The second-order valence-electron chi connectivity index (χ2n) is 4.90. The zero-order valence-electron chi connectivity index (χ0n) is 11.8. The molecule has 0 aromatic carbocycles. The topological polar surface area (TPSA) is 42.1 Å². The van der Waals surface area contributed by atoms with E-state index >= 15 is 0 Å². The molecule has 2 aromatic rings. The molecule has 2 N–H and O–H groups in total. The maximum Gasteiger partial charge on any atom is 0.0931 e. The van der Waals surface area contributed by atoms with Gasteiger partial charge in [-0.05, 0) is 37.7 Å². The number of nitrogens with two attached hydrogens (primary N) is 1. The Hall–Kier alpha value is -0.940. The van der Waals surface area contributed by atoms with Crippen LogP contribution in [0, 0.1) is 0 Å². The van der Waals surface area contributed by atoms with Crippen molar-refractivity contribution in [1.29, 1.82) is 0 Å². The first kappa shape index (κ1) is 15.4. The highest BCUT2D eigenvalue weighted by Crippen LogP contribution is 2.33. The van der Waals surface area contributed by atoms with Gasteiger partial charge in [0.05, 0.1) is 16.1 Å². The van der Waals surface area contributed by atoms with E-state index in [1.807, 2.05) is 30.5 Å². The number of nitrogens with zero attached hydrogens (tertiary/aromatic N) is 2. The average molecular weight is 310 g/mol. The van der Waals surface area contributed by atoms with E-state index in [1.165, 1.54) is 4.88 Å². The summed E-state index contributed by atoms with van der Waals surface area (Å²) in [7, 11) is 2.09. The van der Waals surface area contributed by atoms with Crippen LogP contribution in [-0.4, -0.2) is 23.0 Å². The molecule has 5 heteroatoms. The van der Waals surface area contributed by atoms with Gasteiger partial charge in [-0.1, -0.05) is 24.6 Å². The Morgan fingerprint density at radius 2 is 2.15 bits per heavy atom. The first-order chi connectivity index (χ1) is 9.61. The summed E-state index contributed by atoms with van der Waals surface area (Å²) >= 11 is 7.67. The van der Waals surface area contributed by atoms with Crippen LogP contribution in [0.4, 0.5) is 0 Å². The van der Waals surface area contributed by atoms with E-state index in [4.69, 9.17) is 17.3 Å². The van der Waals surface area contributed by atoms with Crippen LogP contribution in [-0.2, 0) is 6.54 Å². The highest BCUT2D eigenvalue weighted by atomic mass is 35.5. The summed E-state index contributed by atoms with van der Waals surface area (Å²) < 4.78 is 0.805. The van der Waals surface area contributed by atoms with Gasteiger partial charge in [-0.2, -0.15) is 0 Å². The fourth-order valence-corrected chi connectivity index (χ4v) is 3.61. The second kappa shape index (κ2) is 7.18. The Labute approximate surface area is 129 Å². The van der Waals surface area contributed by atoms with Crippen LogP contribution in [0.1, 0.15) is 30.0 Å². The molecule has 108 valence electrons. The predicted molar refractivity (Wildman–Crippen MR) is 86.0 cm³/mol. The van der Waals surface area contributed by atoms with E-state index in [1.54, 1.807) is 11.3 Å². The molecular formula is C15H20ClN3S. The van der Waals surface area contributed by atoms with Crippen LogP contribution < -0.4 is 5.73 Å². The average Bonchev–Trinajstić information content (AvgIpc) is 2.86. The number of aromatic nitrogens is 1. The van der Waals surface area contributed by atoms with Gasteiger partial charge in [0, 0.05) is 23.7 Å². The molecular weight excluding hydrogens is 290 g/mol. The van der Waals surface area contributed by atoms with Crippen molar-refractivity contribution in [3.8, 4) is 0 Å². The minimum atomic E-state index is 0.0819. The minimum Gasteiger partial charge on any atom is -0.326 e. The lowest BCUT2D eigenvalue weighted by molar-refractivity contribution is 0.203.